The first kappa shape index (κ1) is 29.4. The Morgan fingerprint density at radius 2 is 1.93 bits per heavy atom. The quantitative estimate of drug-likeness (QED) is 0.222. The number of nitrogens with one attached hydrogen (secondary N) is 2. The summed E-state index contributed by atoms with van der Waals surface area (Å²) in [7, 11) is 0. The number of amides is 2. The van der Waals surface area contributed by atoms with E-state index >= 15 is 0 Å². The van der Waals surface area contributed by atoms with Crippen LogP contribution < -0.4 is 29.7 Å². The third-order valence-electron chi connectivity index (χ3n) is 7.49. The molecule has 46 heavy (non-hydrogen) atoms. The van der Waals surface area contributed by atoms with Crippen LogP contribution in [0, 0.1) is 0 Å². The number of rotatable bonds is 12. The number of pyridine rings is 2. The standard InChI is InChI=1S/C32H31N7O7/c40-28-19-44-25-6-7-27(36-31(25)37-28)39-15-22(46-32(39)41)8-10-33-13-21-12-24(26(14-35-21)43-16-20-4-2-1-3-5-20)30-34-11-9-29(38-30)45-23-17-42-18-23/h1-7,9,11-12,14,22-23,33H,8,10,13,15-19H2,(H,36,37,40)/t22-/m0/s1. The van der Waals surface area contributed by atoms with Crippen LogP contribution >= 0.6 is 0 Å². The summed E-state index contributed by atoms with van der Waals surface area (Å²) in [6.45, 7) is 2.73. The fraction of sp³-hybridized carbons (Fsp3) is 0.312. The summed E-state index contributed by atoms with van der Waals surface area (Å²) >= 11 is 0. The highest BCUT2D eigenvalue weighted by Crippen LogP contribution is 2.31. The van der Waals surface area contributed by atoms with E-state index in [4.69, 9.17) is 23.7 Å². The average molecular weight is 626 g/mol. The number of benzene rings is 1. The number of carbonyl (C=O) groups excluding carboxylic acids is 2. The lowest BCUT2D eigenvalue weighted by atomic mass is 10.1. The number of hydrogen-bond donors (Lipinski definition) is 2. The smallest absolute Gasteiger partial charge is 0.415 e. The average Bonchev–Trinajstić information content (AvgIpc) is 3.44. The number of carbonyl (C=O) groups is 2. The number of cyclic esters (lactones) is 1. The lowest BCUT2D eigenvalue weighted by Gasteiger charge is -2.26. The molecule has 2 amide bonds. The Morgan fingerprint density at radius 1 is 1.04 bits per heavy atom. The largest absolute Gasteiger partial charge is 0.487 e. The summed E-state index contributed by atoms with van der Waals surface area (Å²) in [6, 6.07) is 16.9. The second-order valence-corrected chi connectivity index (χ2v) is 10.9. The molecule has 0 spiro atoms. The van der Waals surface area contributed by atoms with Crippen LogP contribution in [0.1, 0.15) is 17.7 Å². The Kier molecular flexibility index (Phi) is 8.52. The minimum absolute atomic E-state index is 0.0217. The predicted octanol–water partition coefficient (Wildman–Crippen LogP) is 3.13. The van der Waals surface area contributed by atoms with Gasteiger partial charge in [0.1, 0.15) is 30.4 Å². The van der Waals surface area contributed by atoms with Crippen molar-refractivity contribution in [3.8, 4) is 28.8 Å². The Morgan fingerprint density at radius 3 is 2.78 bits per heavy atom. The maximum Gasteiger partial charge on any atom is 0.415 e. The van der Waals surface area contributed by atoms with Gasteiger partial charge in [-0.15, -0.1) is 0 Å². The van der Waals surface area contributed by atoms with Gasteiger partial charge >= 0.3 is 6.09 Å². The van der Waals surface area contributed by atoms with Crippen molar-refractivity contribution >= 4 is 23.6 Å². The first-order valence-electron chi connectivity index (χ1n) is 14.9. The van der Waals surface area contributed by atoms with Gasteiger partial charge in [-0.2, -0.15) is 4.98 Å². The van der Waals surface area contributed by atoms with E-state index in [1.54, 1.807) is 30.6 Å². The highest BCUT2D eigenvalue weighted by atomic mass is 16.6. The number of anilines is 2. The zero-order valence-corrected chi connectivity index (χ0v) is 24.8. The van der Waals surface area contributed by atoms with Gasteiger partial charge in [-0.05, 0) is 36.7 Å². The number of hydrogen-bond acceptors (Lipinski definition) is 12. The van der Waals surface area contributed by atoms with Gasteiger partial charge in [-0.1, -0.05) is 30.3 Å². The fourth-order valence-electron chi connectivity index (χ4n) is 5.04. The van der Waals surface area contributed by atoms with Gasteiger partial charge in [0.25, 0.3) is 5.91 Å². The Labute approximate surface area is 264 Å². The highest BCUT2D eigenvalue weighted by molar-refractivity contribution is 5.95. The fourth-order valence-corrected chi connectivity index (χ4v) is 5.04. The summed E-state index contributed by atoms with van der Waals surface area (Å²) in [4.78, 5) is 43.8. The molecule has 3 aromatic heterocycles. The maximum absolute atomic E-state index is 12.6. The molecular formula is C32H31N7O7. The molecule has 0 bridgehead atoms. The molecule has 6 heterocycles. The van der Waals surface area contributed by atoms with Crippen LogP contribution in [0.25, 0.3) is 11.4 Å². The van der Waals surface area contributed by atoms with Crippen molar-refractivity contribution in [3.63, 3.8) is 0 Å². The van der Waals surface area contributed by atoms with Crippen molar-refractivity contribution < 1.29 is 33.3 Å². The third-order valence-corrected chi connectivity index (χ3v) is 7.49. The number of ether oxygens (including phenoxy) is 5. The molecule has 2 saturated heterocycles. The van der Waals surface area contributed by atoms with Crippen LogP contribution in [0.3, 0.4) is 0 Å². The third kappa shape index (κ3) is 6.82. The van der Waals surface area contributed by atoms with Crippen LogP contribution in [0.5, 0.6) is 17.4 Å². The molecule has 0 radical (unpaired) electrons. The zero-order valence-electron chi connectivity index (χ0n) is 24.8. The van der Waals surface area contributed by atoms with E-state index in [0.717, 1.165) is 11.3 Å². The molecule has 2 fully saturated rings. The highest BCUT2D eigenvalue weighted by Gasteiger charge is 2.33. The van der Waals surface area contributed by atoms with Gasteiger partial charge in [0.15, 0.2) is 24.0 Å². The summed E-state index contributed by atoms with van der Waals surface area (Å²) in [6.07, 6.45) is 3.07. The topological polar surface area (TPSA) is 159 Å². The predicted molar refractivity (Wildman–Crippen MR) is 164 cm³/mol. The Balaban J connectivity index is 0.982. The molecule has 14 nitrogen and oxygen atoms in total. The Hall–Kier alpha value is -5.34. The van der Waals surface area contributed by atoms with E-state index in [0.29, 0.717) is 80.5 Å². The normalized spacial score (nSPS) is 17.4. The number of nitrogens with zero attached hydrogens (tertiary/aromatic N) is 5. The monoisotopic (exact) mass is 625 g/mol. The maximum atomic E-state index is 12.6. The van der Waals surface area contributed by atoms with E-state index in [-0.39, 0.29) is 30.5 Å². The van der Waals surface area contributed by atoms with Crippen molar-refractivity contribution in [3.05, 3.63) is 78.2 Å². The van der Waals surface area contributed by atoms with Crippen molar-refractivity contribution in [1.29, 1.82) is 0 Å². The van der Waals surface area contributed by atoms with Crippen molar-refractivity contribution in [1.82, 2.24) is 25.3 Å². The summed E-state index contributed by atoms with van der Waals surface area (Å²) in [5.41, 5.74) is 2.48. The lowest BCUT2D eigenvalue weighted by molar-refractivity contribution is -0.118. The van der Waals surface area contributed by atoms with E-state index in [9.17, 15) is 9.59 Å². The first-order valence-corrected chi connectivity index (χ1v) is 14.9. The van der Waals surface area contributed by atoms with Gasteiger partial charge in [0.05, 0.1) is 37.2 Å². The molecule has 3 aliphatic heterocycles. The van der Waals surface area contributed by atoms with Crippen molar-refractivity contribution in [2.24, 2.45) is 0 Å². The number of fused-ring (bicyclic) bond motifs is 1. The minimum Gasteiger partial charge on any atom is -0.487 e. The van der Waals surface area contributed by atoms with E-state index in [1.165, 1.54) is 4.90 Å². The molecule has 1 atom stereocenters. The molecule has 7 rings (SSSR count). The number of aromatic nitrogens is 4. The Bertz CT molecular complexity index is 1720. The van der Waals surface area contributed by atoms with E-state index < -0.39 is 6.09 Å². The van der Waals surface area contributed by atoms with Crippen LogP contribution in [-0.2, 0) is 27.4 Å². The van der Waals surface area contributed by atoms with E-state index in [2.05, 4.69) is 30.6 Å². The van der Waals surface area contributed by atoms with Crippen molar-refractivity contribution in [2.45, 2.75) is 31.8 Å². The van der Waals surface area contributed by atoms with Gasteiger partial charge in [0.2, 0.25) is 5.88 Å². The van der Waals surface area contributed by atoms with Crippen molar-refractivity contribution in [2.75, 3.05) is 43.1 Å². The van der Waals surface area contributed by atoms with Gasteiger partial charge in [-0.3, -0.25) is 14.7 Å². The second kappa shape index (κ2) is 13.3. The lowest BCUT2D eigenvalue weighted by Crippen LogP contribution is -2.38. The zero-order chi connectivity index (χ0) is 31.3. The molecule has 0 aliphatic carbocycles. The molecule has 4 aromatic rings. The van der Waals surface area contributed by atoms with E-state index in [1.807, 2.05) is 36.4 Å². The molecule has 14 heteroatoms. The molecule has 0 unspecified atom stereocenters. The molecule has 3 aliphatic rings. The van der Waals surface area contributed by atoms with Crippen LogP contribution in [-0.4, -0.2) is 77.1 Å². The summed E-state index contributed by atoms with van der Waals surface area (Å²) < 4.78 is 28.2. The SMILES string of the molecule is O=C1COc2ccc(N3C[C@H](CCNCc4cc(-c5nccc(OC6COC6)n5)c(OCc5ccccc5)cn4)OC3=O)nc2N1. The summed E-state index contributed by atoms with van der Waals surface area (Å²) in [5, 5.41) is 6.04. The molecule has 1 aromatic carbocycles. The summed E-state index contributed by atoms with van der Waals surface area (Å²) in [5.74, 6) is 2.31. The van der Waals surface area contributed by atoms with Crippen LogP contribution in [0.15, 0.2) is 67.0 Å². The molecular weight excluding hydrogens is 594 g/mol. The van der Waals surface area contributed by atoms with Gasteiger partial charge < -0.3 is 34.3 Å². The molecule has 236 valence electrons. The van der Waals surface area contributed by atoms with Gasteiger partial charge in [-0.25, -0.2) is 14.8 Å². The minimum atomic E-state index is -0.492. The molecule has 2 N–H and O–H groups in total. The second-order valence-electron chi connectivity index (χ2n) is 10.9. The van der Waals surface area contributed by atoms with Crippen LogP contribution in [0.2, 0.25) is 0 Å². The van der Waals surface area contributed by atoms with Crippen LogP contribution in [0.4, 0.5) is 16.4 Å². The molecule has 0 saturated carbocycles. The van der Waals surface area contributed by atoms with Gasteiger partial charge in [0, 0.05) is 18.8 Å². The first-order chi connectivity index (χ1) is 22.6.